The molecular formula is C17H21N3OS. The second kappa shape index (κ2) is 5.23. The van der Waals surface area contributed by atoms with Crippen molar-refractivity contribution in [1.82, 2.24) is 4.98 Å². The second-order valence-corrected chi connectivity index (χ2v) is 7.37. The molecule has 5 heteroatoms. The van der Waals surface area contributed by atoms with Crippen molar-refractivity contribution in [2.75, 3.05) is 6.61 Å². The molecule has 1 aliphatic heterocycles. The Morgan fingerprint density at radius 3 is 3.05 bits per heavy atom. The highest BCUT2D eigenvalue weighted by atomic mass is 32.1. The van der Waals surface area contributed by atoms with Gasteiger partial charge in [0.15, 0.2) is 0 Å². The fourth-order valence-electron chi connectivity index (χ4n) is 4.13. The lowest BCUT2D eigenvalue weighted by atomic mass is 9.72. The van der Waals surface area contributed by atoms with E-state index in [0.717, 1.165) is 31.4 Å². The minimum Gasteiger partial charge on any atom is -0.463 e. The van der Waals surface area contributed by atoms with Crippen LogP contribution >= 0.6 is 11.3 Å². The number of hydrogen-bond donors (Lipinski definition) is 1. The number of aromatic nitrogens is 1. The third kappa shape index (κ3) is 2.28. The Bertz CT molecular complexity index is 661. The van der Waals surface area contributed by atoms with Gasteiger partial charge in [0.2, 0.25) is 0 Å². The molecule has 3 unspecified atom stereocenters. The number of aliphatic imine (C=N–C) groups is 1. The van der Waals surface area contributed by atoms with Gasteiger partial charge < -0.3 is 10.5 Å². The molecule has 2 heterocycles. The number of thiazole rings is 1. The first-order valence-corrected chi connectivity index (χ1v) is 8.88. The van der Waals surface area contributed by atoms with Crippen molar-refractivity contribution in [2.45, 2.75) is 38.1 Å². The van der Waals surface area contributed by atoms with Gasteiger partial charge in [-0.2, -0.15) is 0 Å². The third-order valence-corrected chi connectivity index (χ3v) is 5.91. The van der Waals surface area contributed by atoms with Gasteiger partial charge in [0.05, 0.1) is 11.2 Å². The zero-order valence-corrected chi connectivity index (χ0v) is 13.6. The molecule has 116 valence electrons. The van der Waals surface area contributed by atoms with Crippen molar-refractivity contribution in [3.63, 3.8) is 0 Å². The average molecular weight is 315 g/mol. The number of nitrogens with zero attached hydrogens (tertiary/aromatic N) is 2. The summed E-state index contributed by atoms with van der Waals surface area (Å²) in [4.78, 5) is 9.17. The predicted octanol–water partition coefficient (Wildman–Crippen LogP) is 3.38. The lowest BCUT2D eigenvalue weighted by Gasteiger charge is -2.33. The zero-order chi connectivity index (χ0) is 15.2. The normalized spacial score (nSPS) is 34.3. The number of rotatable bonds is 1. The molecule has 4 nitrogen and oxygen atoms in total. The first-order valence-electron chi connectivity index (χ1n) is 7.94. The Morgan fingerprint density at radius 2 is 2.32 bits per heavy atom. The molecule has 1 fully saturated rings. The summed E-state index contributed by atoms with van der Waals surface area (Å²) in [6.45, 7) is 2.97. The number of nitrogens with two attached hydrogens (primary N) is 1. The van der Waals surface area contributed by atoms with Crippen molar-refractivity contribution in [3.05, 3.63) is 34.3 Å². The maximum Gasteiger partial charge on any atom is 0.282 e. The summed E-state index contributed by atoms with van der Waals surface area (Å²) in [5.74, 6) is 0.983. The molecule has 4 rings (SSSR count). The van der Waals surface area contributed by atoms with Gasteiger partial charge >= 0.3 is 0 Å². The quantitative estimate of drug-likeness (QED) is 0.864. The Morgan fingerprint density at radius 1 is 1.41 bits per heavy atom. The van der Waals surface area contributed by atoms with Crippen LogP contribution in [0.25, 0.3) is 5.57 Å². The molecule has 2 aliphatic carbocycles. The predicted molar refractivity (Wildman–Crippen MR) is 89.6 cm³/mol. The molecule has 3 aliphatic rings. The van der Waals surface area contributed by atoms with E-state index < -0.39 is 0 Å². The minimum absolute atomic E-state index is 0.108. The van der Waals surface area contributed by atoms with E-state index in [1.54, 1.807) is 16.9 Å². The smallest absolute Gasteiger partial charge is 0.282 e. The van der Waals surface area contributed by atoms with E-state index in [1.165, 1.54) is 5.57 Å². The van der Waals surface area contributed by atoms with E-state index in [9.17, 15) is 0 Å². The van der Waals surface area contributed by atoms with Gasteiger partial charge in [0, 0.05) is 5.38 Å². The van der Waals surface area contributed by atoms with Gasteiger partial charge in [-0.15, -0.1) is 11.3 Å². The number of allylic oxidation sites excluding steroid dienone is 4. The van der Waals surface area contributed by atoms with Crippen LogP contribution < -0.4 is 5.73 Å². The van der Waals surface area contributed by atoms with Crippen molar-refractivity contribution in [2.24, 2.45) is 22.6 Å². The van der Waals surface area contributed by atoms with Crippen molar-refractivity contribution < 1.29 is 4.74 Å². The number of hydrogen-bond acceptors (Lipinski definition) is 5. The summed E-state index contributed by atoms with van der Waals surface area (Å²) in [6, 6.07) is 0.367. The molecule has 0 amide bonds. The SMILES string of the molecule is CC1C(c2cscn2)=CC=C2CCCC3(COC(N)=N3)CC21. The Balaban J connectivity index is 1.67. The highest BCUT2D eigenvalue weighted by Gasteiger charge is 2.43. The first-order chi connectivity index (χ1) is 10.7. The van der Waals surface area contributed by atoms with Crippen molar-refractivity contribution in [1.29, 1.82) is 0 Å². The van der Waals surface area contributed by atoms with Crippen LogP contribution in [-0.2, 0) is 4.74 Å². The van der Waals surface area contributed by atoms with Crippen LogP contribution in [0.3, 0.4) is 0 Å². The van der Waals surface area contributed by atoms with Crippen LogP contribution in [0, 0.1) is 11.8 Å². The van der Waals surface area contributed by atoms with Crippen LogP contribution in [0.15, 0.2) is 33.6 Å². The molecule has 1 spiro atoms. The minimum atomic E-state index is -0.108. The van der Waals surface area contributed by atoms with Gasteiger partial charge in [-0.3, -0.25) is 0 Å². The molecule has 22 heavy (non-hydrogen) atoms. The Hall–Kier alpha value is -1.62. The van der Waals surface area contributed by atoms with Crippen LogP contribution in [0.2, 0.25) is 0 Å². The zero-order valence-electron chi connectivity index (χ0n) is 12.8. The molecule has 1 aromatic heterocycles. The molecule has 1 saturated carbocycles. The lowest BCUT2D eigenvalue weighted by Crippen LogP contribution is -2.32. The number of ether oxygens (including phenoxy) is 1. The largest absolute Gasteiger partial charge is 0.463 e. The summed E-state index contributed by atoms with van der Waals surface area (Å²) < 4.78 is 5.50. The molecule has 1 aromatic rings. The monoisotopic (exact) mass is 315 g/mol. The van der Waals surface area contributed by atoms with E-state index in [1.807, 2.05) is 5.51 Å². The maximum absolute atomic E-state index is 5.79. The van der Waals surface area contributed by atoms with E-state index >= 15 is 0 Å². The van der Waals surface area contributed by atoms with Crippen molar-refractivity contribution in [3.8, 4) is 0 Å². The van der Waals surface area contributed by atoms with Gasteiger partial charge in [-0.25, -0.2) is 9.98 Å². The summed E-state index contributed by atoms with van der Waals surface area (Å²) in [5, 5.41) is 2.14. The molecular weight excluding hydrogens is 294 g/mol. The summed E-state index contributed by atoms with van der Waals surface area (Å²) in [7, 11) is 0. The van der Waals surface area contributed by atoms with Crippen LogP contribution in [0.5, 0.6) is 0 Å². The van der Waals surface area contributed by atoms with Crippen molar-refractivity contribution >= 4 is 22.9 Å². The summed E-state index contributed by atoms with van der Waals surface area (Å²) in [6.07, 6.45) is 9.01. The maximum atomic E-state index is 5.79. The highest BCUT2D eigenvalue weighted by molar-refractivity contribution is 7.07. The molecule has 2 N–H and O–H groups in total. The fourth-order valence-corrected chi connectivity index (χ4v) is 4.69. The second-order valence-electron chi connectivity index (χ2n) is 6.65. The number of fused-ring (bicyclic) bond motifs is 1. The van der Waals surface area contributed by atoms with Gasteiger partial charge in [-0.1, -0.05) is 24.6 Å². The molecule has 3 atom stereocenters. The fraction of sp³-hybridized carbons (Fsp3) is 0.529. The average Bonchev–Trinajstić information content (AvgIpc) is 3.09. The molecule has 0 bridgehead atoms. The topological polar surface area (TPSA) is 60.5 Å². The molecule has 0 radical (unpaired) electrons. The standard InChI is InChI=1S/C17H21N3OS/c1-11-13(15-8-22-10-19-15)5-4-12-3-2-6-17(7-14(11)12)9-21-16(18)20-17/h4-5,8,10-11,14H,2-3,6-7,9H2,1H3,(H2,18,20). The van der Waals surface area contributed by atoms with E-state index in [-0.39, 0.29) is 5.54 Å². The van der Waals surface area contributed by atoms with Gasteiger partial charge in [0.25, 0.3) is 6.02 Å². The number of amidine groups is 1. The van der Waals surface area contributed by atoms with E-state index in [2.05, 4.69) is 34.4 Å². The highest BCUT2D eigenvalue weighted by Crippen LogP contribution is 2.47. The van der Waals surface area contributed by atoms with Crippen LogP contribution in [0.1, 0.15) is 38.3 Å². The Kier molecular flexibility index (Phi) is 3.33. The Labute approximate surface area is 134 Å². The van der Waals surface area contributed by atoms with Crippen LogP contribution in [0.4, 0.5) is 0 Å². The van der Waals surface area contributed by atoms with Gasteiger partial charge in [0.1, 0.15) is 12.1 Å². The molecule has 0 aromatic carbocycles. The molecule has 0 saturated heterocycles. The van der Waals surface area contributed by atoms with Crippen LogP contribution in [-0.4, -0.2) is 23.2 Å². The summed E-state index contributed by atoms with van der Waals surface area (Å²) >= 11 is 1.66. The van der Waals surface area contributed by atoms with E-state index in [0.29, 0.717) is 24.5 Å². The summed E-state index contributed by atoms with van der Waals surface area (Å²) in [5.41, 5.74) is 11.6. The van der Waals surface area contributed by atoms with E-state index in [4.69, 9.17) is 10.5 Å². The third-order valence-electron chi connectivity index (χ3n) is 5.32. The lowest BCUT2D eigenvalue weighted by molar-refractivity contribution is 0.214. The van der Waals surface area contributed by atoms with Gasteiger partial charge in [-0.05, 0) is 43.1 Å². The first kappa shape index (κ1) is 14.0.